The van der Waals surface area contributed by atoms with Gasteiger partial charge in [-0.3, -0.25) is 4.79 Å². The zero-order valence-corrected chi connectivity index (χ0v) is 16.0. The number of amides is 1. The summed E-state index contributed by atoms with van der Waals surface area (Å²) in [6.07, 6.45) is 0.531. The van der Waals surface area contributed by atoms with Crippen LogP contribution in [0.3, 0.4) is 0 Å². The molecule has 5 heteroatoms. The third-order valence-electron chi connectivity index (χ3n) is 4.52. The molecule has 5 nitrogen and oxygen atoms in total. The molecule has 0 bridgehead atoms. The van der Waals surface area contributed by atoms with E-state index in [4.69, 9.17) is 4.74 Å². The second-order valence-corrected chi connectivity index (χ2v) is 9.16. The van der Waals surface area contributed by atoms with E-state index in [0.29, 0.717) is 18.9 Å². The van der Waals surface area contributed by atoms with Gasteiger partial charge in [0.2, 0.25) is 5.91 Å². The quantitative estimate of drug-likeness (QED) is 0.816. The maximum absolute atomic E-state index is 12.8. The van der Waals surface area contributed by atoms with Gasteiger partial charge in [-0.2, -0.15) is 0 Å². The third kappa shape index (κ3) is 4.93. The van der Waals surface area contributed by atoms with Gasteiger partial charge in [-0.25, -0.2) is 4.99 Å². The summed E-state index contributed by atoms with van der Waals surface area (Å²) < 4.78 is 5.74. The molecule has 23 heavy (non-hydrogen) atoms. The van der Waals surface area contributed by atoms with Crippen molar-refractivity contribution in [3.05, 3.63) is 0 Å². The fourth-order valence-electron chi connectivity index (χ4n) is 2.45. The average Bonchev–Trinajstić information content (AvgIpc) is 2.86. The van der Waals surface area contributed by atoms with Gasteiger partial charge in [-0.15, -0.1) is 0 Å². The van der Waals surface area contributed by atoms with Gasteiger partial charge in [-0.05, 0) is 31.1 Å². The molecule has 0 aromatic rings. The molecule has 134 valence electrons. The normalized spacial score (nSPS) is 20.7. The first kappa shape index (κ1) is 19.9. The lowest BCUT2D eigenvalue weighted by molar-refractivity contribution is -0.128. The zero-order chi connectivity index (χ0) is 18.1. The van der Waals surface area contributed by atoms with Crippen molar-refractivity contribution in [2.24, 2.45) is 21.2 Å². The summed E-state index contributed by atoms with van der Waals surface area (Å²) in [5.74, 6) is 0.394. The number of nitrogens with zero attached hydrogens (tertiary/aromatic N) is 1. The van der Waals surface area contributed by atoms with Crippen LogP contribution in [-0.2, 0) is 9.53 Å². The predicted octanol–water partition coefficient (Wildman–Crippen LogP) is 2.77. The molecule has 1 aliphatic heterocycles. The Kier molecular flexibility index (Phi) is 5.89. The van der Waals surface area contributed by atoms with Crippen LogP contribution in [0.15, 0.2) is 4.99 Å². The molecule has 0 unspecified atom stereocenters. The first-order chi connectivity index (χ1) is 10.3. The summed E-state index contributed by atoms with van der Waals surface area (Å²) in [6.45, 7) is 16.8. The highest BCUT2D eigenvalue weighted by Crippen LogP contribution is 2.32. The summed E-state index contributed by atoms with van der Waals surface area (Å²) in [6, 6.07) is -0.0277. The van der Waals surface area contributed by atoms with E-state index >= 15 is 0 Å². The average molecular weight is 326 g/mol. The molecule has 0 aromatic carbocycles. The van der Waals surface area contributed by atoms with Gasteiger partial charge in [0.25, 0.3) is 0 Å². The van der Waals surface area contributed by atoms with E-state index in [9.17, 15) is 9.90 Å². The van der Waals surface area contributed by atoms with Crippen molar-refractivity contribution in [3.63, 3.8) is 0 Å². The van der Waals surface area contributed by atoms with E-state index in [-0.39, 0.29) is 35.4 Å². The van der Waals surface area contributed by atoms with Gasteiger partial charge in [0.15, 0.2) is 5.90 Å². The smallest absolute Gasteiger partial charge is 0.235 e. The minimum Gasteiger partial charge on any atom is -0.478 e. The van der Waals surface area contributed by atoms with Crippen LogP contribution in [0, 0.1) is 16.2 Å². The Bertz CT molecular complexity index is 456. The van der Waals surface area contributed by atoms with Crippen molar-refractivity contribution in [3.8, 4) is 0 Å². The SMILES string of the molecule is CC(C)(C(=O)N[C@H](CCO)C(C)(C)C)C1=N[C@@H](C(C)(C)C)CO1. The van der Waals surface area contributed by atoms with Crippen LogP contribution in [0.1, 0.15) is 61.8 Å². The van der Waals surface area contributed by atoms with Crippen molar-refractivity contribution >= 4 is 11.8 Å². The Hall–Kier alpha value is -1.10. The van der Waals surface area contributed by atoms with Crippen LogP contribution in [-0.4, -0.2) is 42.2 Å². The van der Waals surface area contributed by atoms with Crippen LogP contribution < -0.4 is 5.32 Å². The number of carbonyl (C=O) groups is 1. The minimum absolute atomic E-state index is 0.0130. The van der Waals surface area contributed by atoms with E-state index < -0.39 is 5.41 Å². The lowest BCUT2D eigenvalue weighted by Gasteiger charge is -2.34. The topological polar surface area (TPSA) is 70.9 Å². The standard InChI is InChI=1S/C18H34N2O3/c1-16(2,3)12(9-10-21)19-14(22)18(7,8)15-20-13(11-23-15)17(4,5)6/h12-13,21H,9-11H2,1-8H3,(H,19,22)/t12-,13-/m1/s1. The van der Waals surface area contributed by atoms with Crippen LogP contribution in [0.2, 0.25) is 0 Å². The molecule has 2 atom stereocenters. The van der Waals surface area contributed by atoms with Crippen LogP contribution in [0.25, 0.3) is 0 Å². The number of nitrogens with one attached hydrogen (secondary N) is 1. The van der Waals surface area contributed by atoms with E-state index in [1.165, 1.54) is 0 Å². The van der Waals surface area contributed by atoms with Gasteiger partial charge in [-0.1, -0.05) is 41.5 Å². The lowest BCUT2D eigenvalue weighted by atomic mass is 9.83. The molecule has 0 radical (unpaired) electrons. The molecule has 2 N–H and O–H groups in total. The molecule has 0 saturated carbocycles. The molecule has 0 saturated heterocycles. The fraction of sp³-hybridized carbons (Fsp3) is 0.889. The monoisotopic (exact) mass is 326 g/mol. The van der Waals surface area contributed by atoms with Gasteiger partial charge in [0.05, 0.1) is 6.04 Å². The zero-order valence-electron chi connectivity index (χ0n) is 16.0. The van der Waals surface area contributed by atoms with Crippen LogP contribution in [0.5, 0.6) is 0 Å². The highest BCUT2D eigenvalue weighted by atomic mass is 16.5. The number of rotatable bonds is 5. The molecule has 0 aliphatic carbocycles. The summed E-state index contributed by atoms with van der Waals surface area (Å²) >= 11 is 0. The number of aliphatic hydroxyl groups excluding tert-OH is 1. The van der Waals surface area contributed by atoms with Crippen LogP contribution in [0.4, 0.5) is 0 Å². The van der Waals surface area contributed by atoms with E-state index in [1.54, 1.807) is 0 Å². The molecule has 0 aromatic heterocycles. The second-order valence-electron chi connectivity index (χ2n) is 9.16. The number of hydrogen-bond donors (Lipinski definition) is 2. The number of hydrogen-bond acceptors (Lipinski definition) is 4. The van der Waals surface area contributed by atoms with Crippen molar-refractivity contribution < 1.29 is 14.6 Å². The minimum atomic E-state index is -0.820. The van der Waals surface area contributed by atoms with Crippen molar-refractivity contribution in [1.82, 2.24) is 5.32 Å². The van der Waals surface area contributed by atoms with Gasteiger partial charge in [0.1, 0.15) is 12.0 Å². The Labute approximate surface area is 140 Å². The second kappa shape index (κ2) is 6.80. The number of ether oxygens (including phenoxy) is 1. The molecule has 1 aliphatic rings. The van der Waals surface area contributed by atoms with Crippen molar-refractivity contribution in [2.45, 2.75) is 73.9 Å². The molecular weight excluding hydrogens is 292 g/mol. The summed E-state index contributed by atoms with van der Waals surface area (Å²) in [5, 5.41) is 12.3. The van der Waals surface area contributed by atoms with Crippen molar-refractivity contribution in [1.29, 1.82) is 0 Å². The number of aliphatic imine (C=N–C) groups is 1. The third-order valence-corrected chi connectivity index (χ3v) is 4.52. The molecule has 0 spiro atoms. The maximum Gasteiger partial charge on any atom is 0.235 e. The summed E-state index contributed by atoms with van der Waals surface area (Å²) in [7, 11) is 0. The molecular formula is C18H34N2O3. The first-order valence-electron chi connectivity index (χ1n) is 8.43. The number of carbonyl (C=O) groups excluding carboxylic acids is 1. The van der Waals surface area contributed by atoms with Crippen molar-refractivity contribution in [2.75, 3.05) is 13.2 Å². The number of aliphatic hydroxyl groups is 1. The Balaban J connectivity index is 2.89. The van der Waals surface area contributed by atoms with Gasteiger partial charge < -0.3 is 15.2 Å². The van der Waals surface area contributed by atoms with E-state index in [2.05, 4.69) is 51.9 Å². The first-order valence-corrected chi connectivity index (χ1v) is 8.43. The Morgan fingerprint density at radius 2 is 1.83 bits per heavy atom. The van der Waals surface area contributed by atoms with E-state index in [0.717, 1.165) is 0 Å². The molecule has 0 fully saturated rings. The van der Waals surface area contributed by atoms with E-state index in [1.807, 2.05) is 13.8 Å². The lowest BCUT2D eigenvalue weighted by Crippen LogP contribution is -2.51. The van der Waals surface area contributed by atoms with Gasteiger partial charge >= 0.3 is 0 Å². The summed E-state index contributed by atoms with van der Waals surface area (Å²) in [4.78, 5) is 17.4. The maximum atomic E-state index is 12.8. The fourth-order valence-corrected chi connectivity index (χ4v) is 2.45. The predicted molar refractivity (Wildman–Crippen MR) is 93.5 cm³/mol. The Morgan fingerprint density at radius 3 is 2.22 bits per heavy atom. The molecule has 1 rings (SSSR count). The molecule has 1 heterocycles. The molecule has 1 amide bonds. The Morgan fingerprint density at radius 1 is 1.26 bits per heavy atom. The highest BCUT2D eigenvalue weighted by molar-refractivity contribution is 6.04. The highest BCUT2D eigenvalue weighted by Gasteiger charge is 2.42. The van der Waals surface area contributed by atoms with Gasteiger partial charge in [0, 0.05) is 12.6 Å². The van der Waals surface area contributed by atoms with Crippen LogP contribution >= 0.6 is 0 Å². The summed E-state index contributed by atoms with van der Waals surface area (Å²) in [5.41, 5.74) is -0.932. The largest absolute Gasteiger partial charge is 0.478 e.